The van der Waals surface area contributed by atoms with E-state index in [2.05, 4.69) is 0 Å². The fourth-order valence-electron chi connectivity index (χ4n) is 3.61. The van der Waals surface area contributed by atoms with Gasteiger partial charge in [-0.2, -0.15) is 4.31 Å². The molecule has 0 bridgehead atoms. The molecule has 1 aliphatic rings. The normalized spacial score (nSPS) is 15.3. The fourth-order valence-corrected chi connectivity index (χ4v) is 5.06. The smallest absolute Gasteiger partial charge is 0.254 e. The summed E-state index contributed by atoms with van der Waals surface area (Å²) in [6, 6.07) is 14.4. The van der Waals surface area contributed by atoms with Crippen molar-refractivity contribution in [1.29, 1.82) is 0 Å². The van der Waals surface area contributed by atoms with E-state index in [1.807, 2.05) is 48.1 Å². The van der Waals surface area contributed by atoms with Gasteiger partial charge >= 0.3 is 0 Å². The Hall–Kier alpha value is -2.97. The van der Waals surface area contributed by atoms with Crippen LogP contribution in [0.1, 0.15) is 15.9 Å². The predicted molar refractivity (Wildman–Crippen MR) is 112 cm³/mol. The summed E-state index contributed by atoms with van der Waals surface area (Å²) in [6.07, 6.45) is 3.85. The van der Waals surface area contributed by atoms with Crippen LogP contribution in [0.2, 0.25) is 0 Å². The lowest BCUT2D eigenvalue weighted by Gasteiger charge is -2.34. The lowest BCUT2D eigenvalue weighted by molar-refractivity contribution is 0.0698. The number of sulfonamides is 1. The maximum atomic E-state index is 13.4. The van der Waals surface area contributed by atoms with Crippen LogP contribution in [0.3, 0.4) is 0 Å². The van der Waals surface area contributed by atoms with E-state index in [4.69, 9.17) is 0 Å². The fraction of sp³-hybridized carbons (Fsp3) is 0.227. The van der Waals surface area contributed by atoms with Gasteiger partial charge in [0.05, 0.1) is 4.90 Å². The van der Waals surface area contributed by atoms with E-state index < -0.39 is 15.8 Å². The van der Waals surface area contributed by atoms with Crippen LogP contribution < -0.4 is 0 Å². The second-order valence-corrected chi connectivity index (χ2v) is 9.18. The van der Waals surface area contributed by atoms with E-state index in [-0.39, 0.29) is 37.0 Å². The lowest BCUT2D eigenvalue weighted by Crippen LogP contribution is -2.50. The summed E-state index contributed by atoms with van der Waals surface area (Å²) < 4.78 is 42.2. The number of carbonyl (C=O) groups is 1. The molecular weight excluding hydrogens is 405 g/mol. The van der Waals surface area contributed by atoms with Gasteiger partial charge in [-0.25, -0.2) is 12.8 Å². The van der Waals surface area contributed by atoms with Gasteiger partial charge in [0.25, 0.3) is 5.91 Å². The number of hydrogen-bond acceptors (Lipinski definition) is 3. The summed E-state index contributed by atoms with van der Waals surface area (Å²) in [5.74, 6) is -0.728. The average molecular weight is 428 g/mol. The highest BCUT2D eigenvalue weighted by Gasteiger charge is 2.30. The first kappa shape index (κ1) is 20.3. The van der Waals surface area contributed by atoms with Crippen molar-refractivity contribution in [3.63, 3.8) is 0 Å². The van der Waals surface area contributed by atoms with E-state index in [1.54, 1.807) is 11.0 Å². The van der Waals surface area contributed by atoms with Crippen LogP contribution >= 0.6 is 0 Å². The van der Waals surface area contributed by atoms with E-state index >= 15 is 0 Å². The van der Waals surface area contributed by atoms with Crippen LogP contribution in [0.4, 0.5) is 4.39 Å². The molecule has 0 aliphatic carbocycles. The van der Waals surface area contributed by atoms with Crippen LogP contribution in [0.15, 0.2) is 71.9 Å². The minimum absolute atomic E-state index is 0.0721. The van der Waals surface area contributed by atoms with Crippen molar-refractivity contribution in [3.05, 3.63) is 83.9 Å². The number of carbonyl (C=O) groups excluding carboxylic acids is 1. The van der Waals surface area contributed by atoms with E-state index in [9.17, 15) is 17.6 Å². The Bertz CT molecular complexity index is 1170. The van der Waals surface area contributed by atoms with Gasteiger partial charge in [-0.15, -0.1) is 0 Å². The van der Waals surface area contributed by atoms with Crippen LogP contribution in [0.5, 0.6) is 0 Å². The highest BCUT2D eigenvalue weighted by molar-refractivity contribution is 7.89. The third kappa shape index (κ3) is 3.88. The molecule has 0 unspecified atom stereocenters. The molecular formula is C22H22FN3O3S. The van der Waals surface area contributed by atoms with E-state index in [1.165, 1.54) is 22.5 Å². The number of piperazine rings is 1. The zero-order valence-corrected chi connectivity index (χ0v) is 17.3. The van der Waals surface area contributed by atoms with Crippen molar-refractivity contribution in [2.45, 2.75) is 11.8 Å². The second-order valence-electron chi connectivity index (χ2n) is 7.25. The third-order valence-corrected chi connectivity index (χ3v) is 7.19. The van der Waals surface area contributed by atoms with Crippen LogP contribution in [0.25, 0.3) is 5.69 Å². The molecule has 0 N–H and O–H groups in total. The summed E-state index contributed by atoms with van der Waals surface area (Å²) in [4.78, 5) is 14.6. The summed E-state index contributed by atoms with van der Waals surface area (Å²) >= 11 is 0. The molecule has 0 radical (unpaired) electrons. The molecule has 1 amide bonds. The zero-order chi connectivity index (χ0) is 21.3. The molecule has 1 saturated heterocycles. The van der Waals surface area contributed by atoms with Crippen LogP contribution in [-0.4, -0.2) is 54.3 Å². The monoisotopic (exact) mass is 427 g/mol. The van der Waals surface area contributed by atoms with Crippen LogP contribution in [-0.2, 0) is 10.0 Å². The molecule has 1 fully saturated rings. The summed E-state index contributed by atoms with van der Waals surface area (Å²) in [5, 5.41) is 0. The van der Waals surface area contributed by atoms with Gasteiger partial charge in [0.15, 0.2) is 0 Å². The molecule has 30 heavy (non-hydrogen) atoms. The Morgan fingerprint density at radius 3 is 2.30 bits per heavy atom. The van der Waals surface area contributed by atoms with Gasteiger partial charge in [-0.1, -0.05) is 12.1 Å². The topological polar surface area (TPSA) is 62.6 Å². The Balaban J connectivity index is 1.48. The summed E-state index contributed by atoms with van der Waals surface area (Å²) in [6.45, 7) is 2.88. The van der Waals surface area contributed by atoms with Gasteiger partial charge in [-0.3, -0.25) is 4.79 Å². The molecule has 6 nitrogen and oxygen atoms in total. The lowest BCUT2D eigenvalue weighted by atomic mass is 10.1. The van der Waals surface area contributed by atoms with Crippen molar-refractivity contribution in [1.82, 2.24) is 13.8 Å². The van der Waals surface area contributed by atoms with Crippen molar-refractivity contribution >= 4 is 15.9 Å². The second kappa shape index (κ2) is 8.04. The molecule has 0 saturated carbocycles. The molecule has 3 aromatic rings. The van der Waals surface area contributed by atoms with Crippen LogP contribution in [0, 0.1) is 12.7 Å². The number of halogens is 1. The quantitative estimate of drug-likeness (QED) is 0.643. The van der Waals surface area contributed by atoms with Crippen molar-refractivity contribution in [2.75, 3.05) is 26.2 Å². The van der Waals surface area contributed by atoms with E-state index in [0.717, 1.165) is 17.3 Å². The predicted octanol–water partition coefficient (Wildman–Crippen LogP) is 3.07. The number of amides is 1. The number of rotatable bonds is 4. The molecule has 4 rings (SSSR count). The Morgan fingerprint density at radius 2 is 1.63 bits per heavy atom. The first-order chi connectivity index (χ1) is 14.4. The largest absolute Gasteiger partial charge is 0.336 e. The van der Waals surface area contributed by atoms with E-state index in [0.29, 0.717) is 5.56 Å². The molecule has 0 atom stereocenters. The molecule has 2 heterocycles. The highest BCUT2D eigenvalue weighted by atomic mass is 32.2. The first-order valence-electron chi connectivity index (χ1n) is 9.65. The SMILES string of the molecule is Cc1ccc(C(=O)N2CCN(S(=O)(=O)c3cccc(F)c3)CC2)cc1-n1cccc1. The Morgan fingerprint density at radius 1 is 0.933 bits per heavy atom. The van der Waals surface area contributed by atoms with Gasteiger partial charge in [-0.05, 0) is 55.0 Å². The molecule has 1 aliphatic heterocycles. The third-order valence-electron chi connectivity index (χ3n) is 5.30. The van der Waals surface area contributed by atoms with Gasteiger partial charge in [0, 0.05) is 49.8 Å². The molecule has 156 valence electrons. The molecule has 8 heteroatoms. The summed E-state index contributed by atoms with van der Waals surface area (Å²) in [7, 11) is -3.79. The maximum Gasteiger partial charge on any atom is 0.254 e. The van der Waals surface area contributed by atoms with Crippen molar-refractivity contribution < 1.29 is 17.6 Å². The van der Waals surface area contributed by atoms with Crippen molar-refractivity contribution in [3.8, 4) is 5.69 Å². The standard InChI is InChI=1S/C22H22FN3O3S/c1-17-7-8-18(15-21(17)24-9-2-3-10-24)22(27)25-11-13-26(14-12-25)30(28,29)20-6-4-5-19(23)16-20/h2-10,15-16H,11-14H2,1H3. The minimum Gasteiger partial charge on any atom is -0.336 e. The Labute approximate surface area is 175 Å². The van der Waals surface area contributed by atoms with Gasteiger partial charge in [0.1, 0.15) is 5.82 Å². The van der Waals surface area contributed by atoms with Crippen molar-refractivity contribution in [2.24, 2.45) is 0 Å². The molecule has 0 spiro atoms. The number of nitrogens with zero attached hydrogens (tertiary/aromatic N) is 3. The first-order valence-corrected chi connectivity index (χ1v) is 11.1. The Kier molecular flexibility index (Phi) is 5.44. The summed E-state index contributed by atoms with van der Waals surface area (Å²) in [5.41, 5.74) is 2.54. The zero-order valence-electron chi connectivity index (χ0n) is 16.5. The molecule has 2 aromatic carbocycles. The molecule has 1 aromatic heterocycles. The van der Waals surface area contributed by atoms with Gasteiger partial charge < -0.3 is 9.47 Å². The minimum atomic E-state index is -3.79. The number of aryl methyl sites for hydroxylation is 1. The number of benzene rings is 2. The number of hydrogen-bond donors (Lipinski definition) is 0. The maximum absolute atomic E-state index is 13.4. The number of aromatic nitrogens is 1. The average Bonchev–Trinajstić information content (AvgIpc) is 3.28. The van der Waals surface area contributed by atoms with Gasteiger partial charge in [0.2, 0.25) is 10.0 Å². The highest BCUT2D eigenvalue weighted by Crippen LogP contribution is 2.21.